The van der Waals surface area contributed by atoms with Gasteiger partial charge in [0, 0.05) is 6.54 Å². The number of aromatic amines is 1. The highest BCUT2D eigenvalue weighted by molar-refractivity contribution is 7.45. The molecule has 2 aromatic rings. The van der Waals surface area contributed by atoms with Gasteiger partial charge < -0.3 is 30.1 Å². The van der Waals surface area contributed by atoms with Crippen molar-refractivity contribution in [2.75, 3.05) is 18.5 Å². The molecule has 116 valence electrons. The third-order valence-electron chi connectivity index (χ3n) is 2.19. The number of aromatic nitrogens is 4. The smallest absolute Gasteiger partial charge is 0.392 e. The van der Waals surface area contributed by atoms with Gasteiger partial charge in [-0.05, 0) is 6.92 Å². The molecule has 0 atom stereocenters. The van der Waals surface area contributed by atoms with Gasteiger partial charge in [-0.1, -0.05) is 11.6 Å². The minimum Gasteiger partial charge on any atom is -0.392 e. The van der Waals surface area contributed by atoms with E-state index in [1.54, 1.807) is 6.33 Å². The lowest BCUT2D eigenvalue weighted by Gasteiger charge is -2.03. The van der Waals surface area contributed by atoms with Crippen molar-refractivity contribution in [3.05, 3.63) is 24.3 Å². The molecule has 6 N–H and O–H groups in total. The van der Waals surface area contributed by atoms with Crippen LogP contribution in [0, 0.1) is 0 Å². The van der Waals surface area contributed by atoms with E-state index in [1.165, 1.54) is 6.33 Å². The zero-order valence-electron chi connectivity index (χ0n) is 11.1. The number of hydrogen-bond acceptors (Lipinski definition) is 6. The van der Waals surface area contributed by atoms with Crippen LogP contribution in [0.1, 0.15) is 6.92 Å². The Morgan fingerprint density at radius 1 is 1.38 bits per heavy atom. The van der Waals surface area contributed by atoms with Crippen molar-refractivity contribution < 1.29 is 24.4 Å². The fourth-order valence-electron chi connectivity index (χ4n) is 1.29. The van der Waals surface area contributed by atoms with E-state index in [0.29, 0.717) is 18.0 Å². The summed E-state index contributed by atoms with van der Waals surface area (Å²) in [5.41, 5.74) is 2.35. The van der Waals surface area contributed by atoms with Gasteiger partial charge in [0.05, 0.1) is 12.9 Å². The summed E-state index contributed by atoms with van der Waals surface area (Å²) in [5.74, 6) is 0.712. The summed E-state index contributed by atoms with van der Waals surface area (Å²) in [6.07, 6.45) is 4.96. The average molecular weight is 317 g/mol. The number of anilines is 1. The van der Waals surface area contributed by atoms with E-state index in [2.05, 4.69) is 25.3 Å². The number of nitrogens with zero attached hydrogens (tertiary/aromatic N) is 3. The topological polar surface area (TPSA) is 164 Å². The summed E-state index contributed by atoms with van der Waals surface area (Å²) in [7, 11) is -4.64. The highest BCUT2D eigenvalue weighted by Gasteiger charge is 2.03. The molecule has 0 saturated carbocycles. The first-order valence-electron chi connectivity index (χ1n) is 5.74. The highest BCUT2D eigenvalue weighted by Crippen LogP contribution is 2.25. The SMILES string of the molecule is C/C(=C\CNc1ncnc2nc[nH]c12)CO.O=P(O)(O)O. The average Bonchev–Trinajstić information content (AvgIpc) is 2.85. The van der Waals surface area contributed by atoms with E-state index in [1.807, 2.05) is 13.0 Å². The monoisotopic (exact) mass is 317 g/mol. The van der Waals surface area contributed by atoms with Crippen LogP contribution in [0.3, 0.4) is 0 Å². The van der Waals surface area contributed by atoms with Gasteiger partial charge in [0.2, 0.25) is 0 Å². The van der Waals surface area contributed by atoms with Crippen molar-refractivity contribution in [2.45, 2.75) is 6.92 Å². The lowest BCUT2D eigenvalue weighted by Crippen LogP contribution is -2.03. The van der Waals surface area contributed by atoms with E-state index in [9.17, 15) is 0 Å². The molecule has 11 heteroatoms. The zero-order valence-corrected chi connectivity index (χ0v) is 12.0. The summed E-state index contributed by atoms with van der Waals surface area (Å²) < 4.78 is 8.88. The first-order valence-corrected chi connectivity index (χ1v) is 7.30. The lowest BCUT2D eigenvalue weighted by atomic mass is 10.3. The molecule has 0 aliphatic rings. The first kappa shape index (κ1) is 17.2. The molecule has 0 fully saturated rings. The van der Waals surface area contributed by atoms with E-state index < -0.39 is 7.82 Å². The number of aliphatic hydroxyl groups excluding tert-OH is 1. The minimum atomic E-state index is -4.64. The van der Waals surface area contributed by atoms with Crippen molar-refractivity contribution in [1.82, 2.24) is 19.9 Å². The van der Waals surface area contributed by atoms with Crippen LogP contribution in [0.15, 0.2) is 24.3 Å². The van der Waals surface area contributed by atoms with Gasteiger partial charge in [0.25, 0.3) is 0 Å². The van der Waals surface area contributed by atoms with Crippen LogP contribution < -0.4 is 5.32 Å². The van der Waals surface area contributed by atoms with Gasteiger partial charge in [0.1, 0.15) is 11.8 Å². The molecule has 0 saturated heterocycles. The maximum absolute atomic E-state index is 8.88. The summed E-state index contributed by atoms with van der Waals surface area (Å²) >= 11 is 0. The second-order valence-electron chi connectivity index (χ2n) is 3.93. The third-order valence-corrected chi connectivity index (χ3v) is 2.19. The van der Waals surface area contributed by atoms with Crippen LogP contribution in [-0.4, -0.2) is 52.9 Å². The maximum atomic E-state index is 8.88. The Bertz CT molecular complexity index is 644. The maximum Gasteiger partial charge on any atom is 0.466 e. The van der Waals surface area contributed by atoms with Gasteiger partial charge in [0.15, 0.2) is 11.5 Å². The van der Waals surface area contributed by atoms with Crippen molar-refractivity contribution in [1.29, 1.82) is 0 Å². The number of hydrogen-bond donors (Lipinski definition) is 6. The third kappa shape index (κ3) is 6.93. The van der Waals surface area contributed by atoms with E-state index in [4.69, 9.17) is 24.4 Å². The number of fused-ring (bicyclic) bond motifs is 1. The van der Waals surface area contributed by atoms with Crippen molar-refractivity contribution in [3.8, 4) is 0 Å². The molecule has 0 bridgehead atoms. The Morgan fingerprint density at radius 2 is 2.05 bits per heavy atom. The van der Waals surface area contributed by atoms with E-state index >= 15 is 0 Å². The molecule has 21 heavy (non-hydrogen) atoms. The van der Waals surface area contributed by atoms with Crippen molar-refractivity contribution >= 4 is 24.8 Å². The molecule has 0 aromatic carbocycles. The molecule has 0 spiro atoms. The summed E-state index contributed by atoms with van der Waals surface area (Å²) in [6.45, 7) is 2.55. The molecule has 2 rings (SSSR count). The Morgan fingerprint density at radius 3 is 2.67 bits per heavy atom. The Balaban J connectivity index is 0.000000383. The number of imidazole rings is 1. The quantitative estimate of drug-likeness (QED) is 0.330. The zero-order chi connectivity index (χ0) is 15.9. The first-order chi connectivity index (χ1) is 9.81. The molecular weight excluding hydrogens is 301 g/mol. The standard InChI is InChI=1S/C10H13N5O.H3O4P/c1-7(4-16)2-3-11-9-8-10(13-5-12-8)15-6-14-9;1-5(2,3)4/h2,5-6,16H,3-4H2,1H3,(H2,11,12,13,14,15);(H3,1,2,3,4)/b7-2+;. The predicted molar refractivity (Wildman–Crippen MR) is 75.3 cm³/mol. The van der Waals surface area contributed by atoms with Crippen molar-refractivity contribution in [2.24, 2.45) is 0 Å². The second kappa shape index (κ2) is 7.81. The molecule has 10 nitrogen and oxygen atoms in total. The summed E-state index contributed by atoms with van der Waals surface area (Å²) in [5, 5.41) is 12.0. The van der Waals surface area contributed by atoms with Gasteiger partial charge in [-0.15, -0.1) is 0 Å². The molecule has 0 amide bonds. The van der Waals surface area contributed by atoms with Crippen LogP contribution in [-0.2, 0) is 4.57 Å². The fraction of sp³-hybridized carbons (Fsp3) is 0.300. The van der Waals surface area contributed by atoms with Gasteiger partial charge in [-0.2, -0.15) is 0 Å². The molecule has 0 unspecified atom stereocenters. The number of phosphoric acid groups is 1. The molecule has 0 aliphatic carbocycles. The Labute approximate surface area is 119 Å². The second-order valence-corrected chi connectivity index (χ2v) is 4.95. The lowest BCUT2D eigenvalue weighted by molar-refractivity contribution is 0.275. The fourth-order valence-corrected chi connectivity index (χ4v) is 1.29. The van der Waals surface area contributed by atoms with Crippen molar-refractivity contribution in [3.63, 3.8) is 0 Å². The molecule has 0 radical (unpaired) electrons. The van der Waals surface area contributed by atoms with E-state index in [0.717, 1.165) is 11.1 Å². The van der Waals surface area contributed by atoms with Crippen LogP contribution >= 0.6 is 7.82 Å². The number of nitrogens with one attached hydrogen (secondary N) is 2. The van der Waals surface area contributed by atoms with E-state index in [-0.39, 0.29) is 6.61 Å². The normalized spacial score (nSPS) is 12.0. The van der Waals surface area contributed by atoms with Gasteiger partial charge in [-0.25, -0.2) is 19.5 Å². The number of rotatable bonds is 4. The van der Waals surface area contributed by atoms with Crippen LogP contribution in [0.4, 0.5) is 5.82 Å². The van der Waals surface area contributed by atoms with Crippen LogP contribution in [0.2, 0.25) is 0 Å². The molecular formula is C10H16N5O5P. The predicted octanol–water partition coefficient (Wildman–Crippen LogP) is -0.225. The highest BCUT2D eigenvalue weighted by atomic mass is 31.2. The number of aliphatic hydroxyl groups is 1. The minimum absolute atomic E-state index is 0.0743. The Hall–Kier alpha value is -1.84. The molecule has 2 heterocycles. The number of H-pyrrole nitrogens is 1. The summed E-state index contributed by atoms with van der Waals surface area (Å²) in [6, 6.07) is 0. The Kier molecular flexibility index (Phi) is 6.40. The summed E-state index contributed by atoms with van der Waals surface area (Å²) in [4.78, 5) is 36.7. The molecule has 2 aromatic heterocycles. The van der Waals surface area contributed by atoms with Crippen LogP contribution in [0.5, 0.6) is 0 Å². The van der Waals surface area contributed by atoms with Crippen LogP contribution in [0.25, 0.3) is 11.2 Å². The van der Waals surface area contributed by atoms with Gasteiger partial charge in [-0.3, -0.25) is 0 Å². The largest absolute Gasteiger partial charge is 0.466 e. The molecule has 0 aliphatic heterocycles. The van der Waals surface area contributed by atoms with Gasteiger partial charge >= 0.3 is 7.82 Å².